The van der Waals surface area contributed by atoms with Crippen molar-refractivity contribution in [3.63, 3.8) is 0 Å². The lowest BCUT2D eigenvalue weighted by molar-refractivity contribution is -0.174. The van der Waals surface area contributed by atoms with Gasteiger partial charge in [-0.2, -0.15) is 13.2 Å². The maximum atomic E-state index is 12.7. The van der Waals surface area contributed by atoms with Crippen LogP contribution in [0.5, 0.6) is 0 Å². The molecule has 1 atom stereocenters. The maximum absolute atomic E-state index is 12.7. The van der Waals surface area contributed by atoms with E-state index in [0.717, 1.165) is 5.56 Å². The second-order valence-corrected chi connectivity index (χ2v) is 4.69. The molecule has 0 saturated heterocycles. The van der Waals surface area contributed by atoms with Crippen molar-refractivity contribution in [3.8, 4) is 0 Å². The first-order chi connectivity index (χ1) is 9.40. The lowest BCUT2D eigenvalue weighted by Crippen LogP contribution is -2.18. The average Bonchev–Trinajstić information content (AvgIpc) is 2.38. The average molecular weight is 294 g/mol. The molecule has 1 N–H and O–H groups in total. The summed E-state index contributed by atoms with van der Waals surface area (Å²) in [5.41, 5.74) is 0.890. The second kappa shape index (κ2) is 8.21. The van der Waals surface area contributed by atoms with Crippen LogP contribution in [-0.4, -0.2) is 31.1 Å². The molecule has 0 aromatic heterocycles. The van der Waals surface area contributed by atoms with Gasteiger partial charge in [-0.15, -0.1) is 0 Å². The summed E-state index contributed by atoms with van der Waals surface area (Å²) in [4.78, 5) is 0. The highest BCUT2D eigenvalue weighted by Crippen LogP contribution is 2.17. The Bertz CT molecular complexity index is 376. The van der Waals surface area contributed by atoms with Crippen LogP contribution in [-0.2, 0) is 11.2 Å². The Balaban J connectivity index is 2.24. The quantitative estimate of drug-likeness (QED) is 0.588. The molecule has 6 heteroatoms. The summed E-state index contributed by atoms with van der Waals surface area (Å²) in [6.07, 6.45) is -2.73. The lowest BCUT2D eigenvalue weighted by atomic mass is 9.96. The highest BCUT2D eigenvalue weighted by atomic mass is 19.4. The van der Waals surface area contributed by atoms with E-state index in [-0.39, 0.29) is 24.9 Å². The predicted molar refractivity (Wildman–Crippen MR) is 66.8 cm³/mol. The van der Waals surface area contributed by atoms with Crippen LogP contribution in [0, 0.1) is 11.7 Å². The van der Waals surface area contributed by atoms with Gasteiger partial charge in [0.15, 0.2) is 0 Å². The number of aliphatic hydroxyl groups excluding tert-OH is 1. The maximum Gasteiger partial charge on any atom is 0.411 e. The zero-order chi connectivity index (χ0) is 15.0. The van der Waals surface area contributed by atoms with Crippen molar-refractivity contribution in [2.24, 2.45) is 5.92 Å². The van der Waals surface area contributed by atoms with Crippen molar-refractivity contribution in [3.05, 3.63) is 35.6 Å². The Hall–Kier alpha value is -1.14. The Kier molecular flexibility index (Phi) is 6.95. The number of rotatable bonds is 8. The van der Waals surface area contributed by atoms with Gasteiger partial charge >= 0.3 is 6.18 Å². The fourth-order valence-electron chi connectivity index (χ4n) is 1.87. The molecule has 1 aromatic carbocycles. The topological polar surface area (TPSA) is 29.5 Å². The van der Waals surface area contributed by atoms with Crippen molar-refractivity contribution >= 4 is 0 Å². The molecule has 0 heterocycles. The van der Waals surface area contributed by atoms with Gasteiger partial charge in [0.05, 0.1) is 0 Å². The Morgan fingerprint density at radius 3 is 2.35 bits per heavy atom. The van der Waals surface area contributed by atoms with Crippen molar-refractivity contribution in [1.82, 2.24) is 0 Å². The Morgan fingerprint density at radius 2 is 1.80 bits per heavy atom. The minimum absolute atomic E-state index is 0.0133. The smallest absolute Gasteiger partial charge is 0.396 e. The molecular formula is C14H18F4O2. The van der Waals surface area contributed by atoms with Crippen molar-refractivity contribution < 1.29 is 27.4 Å². The summed E-state index contributed by atoms with van der Waals surface area (Å²) in [5, 5.41) is 9.23. The predicted octanol–water partition coefficient (Wildman–Crippen LogP) is 3.34. The van der Waals surface area contributed by atoms with Gasteiger partial charge in [0.1, 0.15) is 12.4 Å². The van der Waals surface area contributed by atoms with E-state index < -0.39 is 12.8 Å². The number of ether oxygens (including phenoxy) is 1. The lowest BCUT2D eigenvalue weighted by Gasteiger charge is -2.14. The van der Waals surface area contributed by atoms with E-state index in [1.165, 1.54) is 12.1 Å². The monoisotopic (exact) mass is 294 g/mol. The number of benzene rings is 1. The zero-order valence-electron chi connectivity index (χ0n) is 11.0. The van der Waals surface area contributed by atoms with Crippen LogP contribution in [0.15, 0.2) is 24.3 Å². The van der Waals surface area contributed by atoms with Crippen LogP contribution < -0.4 is 0 Å². The van der Waals surface area contributed by atoms with Crippen LogP contribution in [0.1, 0.15) is 18.4 Å². The van der Waals surface area contributed by atoms with Crippen LogP contribution in [0.2, 0.25) is 0 Å². The summed E-state index contributed by atoms with van der Waals surface area (Å²) in [7, 11) is 0. The normalized spacial score (nSPS) is 13.4. The van der Waals surface area contributed by atoms with Gasteiger partial charge in [-0.25, -0.2) is 4.39 Å². The fourth-order valence-corrected chi connectivity index (χ4v) is 1.87. The minimum atomic E-state index is -4.30. The molecule has 0 fully saturated rings. The number of aliphatic hydroxyl groups is 1. The molecule has 0 bridgehead atoms. The van der Waals surface area contributed by atoms with E-state index in [1.54, 1.807) is 12.1 Å². The van der Waals surface area contributed by atoms with E-state index in [0.29, 0.717) is 19.3 Å². The first kappa shape index (κ1) is 16.9. The van der Waals surface area contributed by atoms with E-state index >= 15 is 0 Å². The van der Waals surface area contributed by atoms with Gasteiger partial charge in [0.25, 0.3) is 0 Å². The third-order valence-corrected chi connectivity index (χ3v) is 2.86. The van der Waals surface area contributed by atoms with Gasteiger partial charge in [-0.1, -0.05) is 12.1 Å². The molecular weight excluding hydrogens is 276 g/mol. The van der Waals surface area contributed by atoms with E-state index in [4.69, 9.17) is 0 Å². The number of alkyl halides is 3. The SMILES string of the molecule is OCC(CCCOCC(F)(F)F)Cc1ccc(F)cc1. The van der Waals surface area contributed by atoms with Crippen molar-refractivity contribution in [2.75, 3.05) is 19.8 Å². The summed E-state index contributed by atoms with van der Waals surface area (Å²) in [5.74, 6) is -0.384. The second-order valence-electron chi connectivity index (χ2n) is 4.69. The molecule has 0 aliphatic carbocycles. The molecule has 1 rings (SSSR count). The standard InChI is InChI=1S/C14H18F4O2/c15-13-5-3-11(4-6-13)8-12(9-19)2-1-7-20-10-14(16,17)18/h3-6,12,19H,1-2,7-10H2. The summed E-state index contributed by atoms with van der Waals surface area (Å²) >= 11 is 0. The molecule has 2 nitrogen and oxygen atoms in total. The van der Waals surface area contributed by atoms with Gasteiger partial charge < -0.3 is 9.84 Å². The molecule has 1 unspecified atom stereocenters. The molecule has 0 saturated carbocycles. The molecule has 0 aliphatic rings. The summed E-state index contributed by atoms with van der Waals surface area (Å²) in [6, 6.07) is 5.96. The first-order valence-corrected chi connectivity index (χ1v) is 6.40. The first-order valence-electron chi connectivity index (χ1n) is 6.40. The van der Waals surface area contributed by atoms with Crippen LogP contribution in [0.25, 0.3) is 0 Å². The molecule has 0 spiro atoms. The zero-order valence-corrected chi connectivity index (χ0v) is 11.0. The summed E-state index contributed by atoms with van der Waals surface area (Å²) < 4.78 is 52.7. The Morgan fingerprint density at radius 1 is 1.15 bits per heavy atom. The van der Waals surface area contributed by atoms with Gasteiger partial charge in [0.2, 0.25) is 0 Å². The van der Waals surface area contributed by atoms with Crippen LogP contribution >= 0.6 is 0 Å². The number of hydrogen-bond acceptors (Lipinski definition) is 2. The Labute approximate surface area is 115 Å². The highest BCUT2D eigenvalue weighted by molar-refractivity contribution is 5.16. The number of hydrogen-bond donors (Lipinski definition) is 1. The van der Waals surface area contributed by atoms with E-state index in [1.807, 2.05) is 0 Å². The third-order valence-electron chi connectivity index (χ3n) is 2.86. The van der Waals surface area contributed by atoms with Crippen LogP contribution in [0.3, 0.4) is 0 Å². The van der Waals surface area contributed by atoms with Gasteiger partial charge in [-0.3, -0.25) is 0 Å². The fraction of sp³-hybridized carbons (Fsp3) is 0.571. The largest absolute Gasteiger partial charge is 0.411 e. The van der Waals surface area contributed by atoms with Gasteiger partial charge in [-0.05, 0) is 42.9 Å². The highest BCUT2D eigenvalue weighted by Gasteiger charge is 2.27. The van der Waals surface area contributed by atoms with Crippen molar-refractivity contribution in [2.45, 2.75) is 25.4 Å². The van der Waals surface area contributed by atoms with E-state index in [9.17, 15) is 22.7 Å². The molecule has 20 heavy (non-hydrogen) atoms. The van der Waals surface area contributed by atoms with Gasteiger partial charge in [0, 0.05) is 13.2 Å². The van der Waals surface area contributed by atoms with Crippen molar-refractivity contribution in [1.29, 1.82) is 0 Å². The number of halogens is 4. The molecule has 114 valence electrons. The summed E-state index contributed by atoms with van der Waals surface area (Å²) in [6.45, 7) is -1.29. The molecule has 0 radical (unpaired) electrons. The molecule has 0 aliphatic heterocycles. The third kappa shape index (κ3) is 7.45. The molecule has 1 aromatic rings. The van der Waals surface area contributed by atoms with E-state index in [2.05, 4.69) is 4.74 Å². The minimum Gasteiger partial charge on any atom is -0.396 e. The molecule has 0 amide bonds. The van der Waals surface area contributed by atoms with Crippen LogP contribution in [0.4, 0.5) is 17.6 Å².